The molecule has 0 aliphatic carbocycles. The van der Waals surface area contributed by atoms with E-state index in [4.69, 9.17) is 18.7 Å². The second-order valence-corrected chi connectivity index (χ2v) is 6.18. The molecule has 1 atom stereocenters. The molecule has 1 unspecified atom stereocenters. The van der Waals surface area contributed by atoms with E-state index in [1.807, 2.05) is 19.1 Å². The summed E-state index contributed by atoms with van der Waals surface area (Å²) in [6.45, 7) is 3.83. The first-order valence-electron chi connectivity index (χ1n) is 9.23. The van der Waals surface area contributed by atoms with Crippen LogP contribution >= 0.6 is 0 Å². The maximum atomic E-state index is 12.4. The first-order chi connectivity index (χ1) is 13.5. The Morgan fingerprint density at radius 1 is 1.25 bits per heavy atom. The highest BCUT2D eigenvalue weighted by atomic mass is 16.6. The van der Waals surface area contributed by atoms with Crippen molar-refractivity contribution in [3.63, 3.8) is 0 Å². The number of rotatable bonds is 11. The Balaban J connectivity index is 1.86. The molecular weight excluding hydrogens is 364 g/mol. The predicted octanol–water partition coefficient (Wildman–Crippen LogP) is 3.50. The lowest BCUT2D eigenvalue weighted by Gasteiger charge is -2.17. The lowest BCUT2D eigenvalue weighted by Crippen LogP contribution is -2.33. The van der Waals surface area contributed by atoms with E-state index >= 15 is 0 Å². The Labute approximate surface area is 164 Å². The molecule has 0 aliphatic rings. The van der Waals surface area contributed by atoms with Crippen LogP contribution in [0, 0.1) is 6.92 Å². The smallest absolute Gasteiger partial charge is 0.310 e. The highest BCUT2D eigenvalue weighted by Crippen LogP contribution is 2.25. The summed E-state index contributed by atoms with van der Waals surface area (Å²) in [7, 11) is 1.55. The molecule has 2 rings (SSSR count). The number of methoxy groups -OCH3 is 1. The van der Waals surface area contributed by atoms with Crippen molar-refractivity contribution in [2.75, 3.05) is 19.0 Å². The van der Waals surface area contributed by atoms with Crippen molar-refractivity contribution in [3.05, 3.63) is 36.1 Å². The molecular formula is C20H26N2O6. The topological polar surface area (TPSA) is 99.9 Å². The number of carbonyl (C=O) groups excluding carboxylic acids is 2. The van der Waals surface area contributed by atoms with Gasteiger partial charge in [-0.2, -0.15) is 0 Å². The van der Waals surface area contributed by atoms with Crippen molar-refractivity contribution in [2.24, 2.45) is 0 Å². The molecule has 1 N–H and O–H groups in total. The molecule has 8 nitrogen and oxygen atoms in total. The maximum absolute atomic E-state index is 12.4. The molecule has 0 radical (unpaired) electrons. The van der Waals surface area contributed by atoms with E-state index in [9.17, 15) is 9.59 Å². The Morgan fingerprint density at radius 2 is 2.00 bits per heavy atom. The zero-order chi connectivity index (χ0) is 20.4. The van der Waals surface area contributed by atoms with Gasteiger partial charge in [0.1, 0.15) is 5.76 Å². The van der Waals surface area contributed by atoms with Crippen molar-refractivity contribution < 1.29 is 28.3 Å². The number of benzene rings is 1. The van der Waals surface area contributed by atoms with Crippen LogP contribution in [0.5, 0.6) is 11.5 Å². The average molecular weight is 390 g/mol. The van der Waals surface area contributed by atoms with Gasteiger partial charge in [-0.3, -0.25) is 9.59 Å². The third kappa shape index (κ3) is 6.61. The number of esters is 1. The number of anilines is 1. The van der Waals surface area contributed by atoms with Crippen LogP contribution in [0.15, 0.2) is 34.9 Å². The van der Waals surface area contributed by atoms with Crippen molar-refractivity contribution in [2.45, 2.75) is 45.6 Å². The summed E-state index contributed by atoms with van der Waals surface area (Å²) in [5.41, 5.74) is 0. The van der Waals surface area contributed by atoms with Crippen molar-refractivity contribution >= 4 is 17.7 Å². The van der Waals surface area contributed by atoms with Crippen molar-refractivity contribution in [1.29, 1.82) is 0 Å². The minimum absolute atomic E-state index is 0.0109. The molecule has 0 fully saturated rings. The van der Waals surface area contributed by atoms with Crippen LogP contribution in [0.2, 0.25) is 0 Å². The molecule has 8 heteroatoms. The second-order valence-electron chi connectivity index (χ2n) is 6.18. The van der Waals surface area contributed by atoms with E-state index in [0.29, 0.717) is 29.5 Å². The number of hydrogen-bond donors (Lipinski definition) is 1. The average Bonchev–Trinajstić information content (AvgIpc) is 3.10. The quantitative estimate of drug-likeness (QED) is 0.586. The Morgan fingerprint density at radius 3 is 2.64 bits per heavy atom. The summed E-state index contributed by atoms with van der Waals surface area (Å²) in [5.74, 6) is 1.05. The van der Waals surface area contributed by atoms with Crippen LogP contribution in [-0.2, 0) is 14.3 Å². The molecule has 0 spiro atoms. The summed E-state index contributed by atoms with van der Waals surface area (Å²) in [6, 6.07) is 8.75. The molecule has 0 saturated heterocycles. The number of para-hydroxylation sites is 2. The van der Waals surface area contributed by atoms with E-state index in [2.05, 4.69) is 10.5 Å². The van der Waals surface area contributed by atoms with Crippen LogP contribution in [-0.4, -0.2) is 36.9 Å². The normalized spacial score (nSPS) is 11.5. The molecule has 0 bridgehead atoms. The monoisotopic (exact) mass is 390 g/mol. The molecule has 0 aliphatic heterocycles. The number of amides is 1. The summed E-state index contributed by atoms with van der Waals surface area (Å²) in [6.07, 6.45) is 1.17. The molecule has 1 aromatic carbocycles. The third-order valence-corrected chi connectivity index (χ3v) is 3.90. The zero-order valence-electron chi connectivity index (χ0n) is 16.4. The second kappa shape index (κ2) is 11.0. The van der Waals surface area contributed by atoms with Crippen molar-refractivity contribution in [1.82, 2.24) is 5.16 Å². The number of aryl methyl sites for hydroxylation is 1. The van der Waals surface area contributed by atoms with E-state index in [1.54, 1.807) is 32.2 Å². The summed E-state index contributed by atoms with van der Waals surface area (Å²) in [5, 5.41) is 6.32. The number of hydrogen-bond acceptors (Lipinski definition) is 7. The Kier molecular flexibility index (Phi) is 8.33. The summed E-state index contributed by atoms with van der Waals surface area (Å²) >= 11 is 0. The largest absolute Gasteiger partial charge is 0.493 e. The number of aromatic nitrogens is 1. The van der Waals surface area contributed by atoms with Gasteiger partial charge in [-0.1, -0.05) is 30.6 Å². The van der Waals surface area contributed by atoms with Crippen LogP contribution in [0.25, 0.3) is 0 Å². The first kappa shape index (κ1) is 21.3. The number of unbranched alkanes of at least 4 members (excludes halogenated alkanes) is 1. The van der Waals surface area contributed by atoms with Crippen LogP contribution in [0.4, 0.5) is 5.82 Å². The highest BCUT2D eigenvalue weighted by molar-refractivity contribution is 5.94. The third-order valence-electron chi connectivity index (χ3n) is 3.90. The van der Waals surface area contributed by atoms with Gasteiger partial charge in [0.25, 0.3) is 5.91 Å². The van der Waals surface area contributed by atoms with Gasteiger partial charge in [-0.15, -0.1) is 0 Å². The fourth-order valence-corrected chi connectivity index (χ4v) is 2.47. The van der Waals surface area contributed by atoms with E-state index in [0.717, 1.165) is 12.8 Å². The lowest BCUT2D eigenvalue weighted by molar-refractivity contribution is -0.155. The summed E-state index contributed by atoms with van der Waals surface area (Å²) < 4.78 is 21.1. The minimum Gasteiger partial charge on any atom is -0.493 e. The molecule has 2 aromatic rings. The fraction of sp³-hybridized carbons (Fsp3) is 0.450. The molecule has 1 amide bonds. The van der Waals surface area contributed by atoms with Gasteiger partial charge >= 0.3 is 5.97 Å². The number of carbonyl (C=O) groups is 2. The van der Waals surface area contributed by atoms with Gasteiger partial charge in [-0.05, 0) is 31.9 Å². The van der Waals surface area contributed by atoms with Crippen LogP contribution in [0.3, 0.4) is 0 Å². The molecule has 1 heterocycles. The van der Waals surface area contributed by atoms with Gasteiger partial charge in [0, 0.05) is 6.07 Å². The van der Waals surface area contributed by atoms with Crippen molar-refractivity contribution in [3.8, 4) is 11.5 Å². The van der Waals surface area contributed by atoms with Gasteiger partial charge in [0.2, 0.25) is 0 Å². The molecule has 0 saturated carbocycles. The van der Waals surface area contributed by atoms with Crippen LogP contribution in [0.1, 0.15) is 38.4 Å². The SMILES string of the molecule is CCCCC(OC(=O)CCOc1ccccc1OC)C(=O)Nc1cc(C)on1. The van der Waals surface area contributed by atoms with Crippen LogP contribution < -0.4 is 14.8 Å². The molecule has 152 valence electrons. The molecule has 28 heavy (non-hydrogen) atoms. The van der Waals surface area contributed by atoms with Gasteiger partial charge in [0.05, 0.1) is 20.1 Å². The predicted molar refractivity (Wildman–Crippen MR) is 102 cm³/mol. The Bertz CT molecular complexity index is 774. The fourth-order valence-electron chi connectivity index (χ4n) is 2.47. The number of nitrogens with one attached hydrogen (secondary N) is 1. The zero-order valence-corrected chi connectivity index (χ0v) is 16.4. The Hall–Kier alpha value is -3.03. The van der Waals surface area contributed by atoms with Gasteiger partial charge in [0.15, 0.2) is 23.4 Å². The minimum atomic E-state index is -0.893. The first-order valence-corrected chi connectivity index (χ1v) is 9.23. The highest BCUT2D eigenvalue weighted by Gasteiger charge is 2.23. The number of ether oxygens (including phenoxy) is 3. The molecule has 1 aromatic heterocycles. The maximum Gasteiger partial charge on any atom is 0.310 e. The van der Waals surface area contributed by atoms with Gasteiger partial charge < -0.3 is 24.1 Å². The standard InChI is InChI=1S/C20H26N2O6/c1-4-5-8-17(20(24)21-18-13-14(2)28-22-18)27-19(23)11-12-26-16-10-7-6-9-15(16)25-3/h6-7,9-10,13,17H,4-5,8,11-12H2,1-3H3,(H,21,22,24). The number of nitrogens with zero attached hydrogens (tertiary/aromatic N) is 1. The van der Waals surface area contributed by atoms with E-state index in [-0.39, 0.29) is 13.0 Å². The van der Waals surface area contributed by atoms with Gasteiger partial charge in [-0.25, -0.2) is 0 Å². The lowest BCUT2D eigenvalue weighted by atomic mass is 10.1. The van der Waals surface area contributed by atoms with E-state index in [1.165, 1.54) is 0 Å². The van der Waals surface area contributed by atoms with E-state index < -0.39 is 18.0 Å². The summed E-state index contributed by atoms with van der Waals surface area (Å²) in [4.78, 5) is 24.6.